The van der Waals surface area contributed by atoms with Crippen LogP contribution in [0.15, 0.2) is 29.6 Å². The maximum absolute atomic E-state index is 13.6. The van der Waals surface area contributed by atoms with Gasteiger partial charge in [-0.1, -0.05) is 31.4 Å². The fourth-order valence-electron chi connectivity index (χ4n) is 2.75. The van der Waals surface area contributed by atoms with E-state index in [2.05, 4.69) is 15.6 Å². The molecular formula is C17H18FN3O2S. The number of aromatic nitrogens is 1. The van der Waals surface area contributed by atoms with Gasteiger partial charge in [0, 0.05) is 11.4 Å². The van der Waals surface area contributed by atoms with Crippen LogP contribution in [-0.2, 0) is 0 Å². The predicted molar refractivity (Wildman–Crippen MR) is 90.8 cm³/mol. The first kappa shape index (κ1) is 16.6. The highest BCUT2D eigenvalue weighted by atomic mass is 32.1. The Morgan fingerprint density at radius 2 is 1.88 bits per heavy atom. The number of nitrogens with one attached hydrogen (secondary N) is 2. The second kappa shape index (κ2) is 7.53. The predicted octanol–water partition coefficient (Wildman–Crippen LogP) is 3.60. The molecule has 2 N–H and O–H groups in total. The summed E-state index contributed by atoms with van der Waals surface area (Å²) in [6.07, 6.45) is 5.47. The number of nitrogens with zero attached hydrogens (tertiary/aromatic N) is 1. The number of anilines is 1. The van der Waals surface area contributed by atoms with Gasteiger partial charge in [-0.15, -0.1) is 11.3 Å². The first-order valence-corrected chi connectivity index (χ1v) is 8.84. The van der Waals surface area contributed by atoms with E-state index in [0.717, 1.165) is 37.0 Å². The van der Waals surface area contributed by atoms with Crippen molar-refractivity contribution in [2.75, 3.05) is 5.32 Å². The van der Waals surface area contributed by atoms with E-state index >= 15 is 0 Å². The van der Waals surface area contributed by atoms with E-state index in [1.807, 2.05) is 0 Å². The topological polar surface area (TPSA) is 71.1 Å². The summed E-state index contributed by atoms with van der Waals surface area (Å²) < 4.78 is 13.6. The van der Waals surface area contributed by atoms with Crippen molar-refractivity contribution in [1.82, 2.24) is 10.3 Å². The summed E-state index contributed by atoms with van der Waals surface area (Å²) in [6, 6.07) is 5.92. The number of halogens is 1. The third kappa shape index (κ3) is 3.97. The van der Waals surface area contributed by atoms with Gasteiger partial charge >= 0.3 is 0 Å². The van der Waals surface area contributed by atoms with Gasteiger partial charge in [-0.25, -0.2) is 9.37 Å². The molecule has 2 aromatic rings. The van der Waals surface area contributed by atoms with Gasteiger partial charge in [0.05, 0.1) is 5.56 Å². The van der Waals surface area contributed by atoms with Crippen LogP contribution in [0.4, 0.5) is 9.52 Å². The molecule has 7 heteroatoms. The molecular weight excluding hydrogens is 329 g/mol. The maximum atomic E-state index is 13.6. The highest BCUT2D eigenvalue weighted by molar-refractivity contribution is 7.14. The van der Waals surface area contributed by atoms with Gasteiger partial charge in [0.2, 0.25) is 0 Å². The Labute approximate surface area is 143 Å². The second-order valence-corrected chi connectivity index (χ2v) is 6.64. The Morgan fingerprint density at radius 1 is 1.12 bits per heavy atom. The lowest BCUT2D eigenvalue weighted by Gasteiger charge is -2.22. The maximum Gasteiger partial charge on any atom is 0.271 e. The summed E-state index contributed by atoms with van der Waals surface area (Å²) in [5.41, 5.74) is 0.218. The SMILES string of the molecule is O=C(NC1CCCCC1)c1csc(NC(=O)c2ccccc2F)n1. The Kier molecular flexibility index (Phi) is 5.20. The zero-order valence-corrected chi connectivity index (χ0v) is 13.9. The molecule has 0 aliphatic heterocycles. The van der Waals surface area contributed by atoms with Gasteiger partial charge < -0.3 is 5.32 Å². The minimum Gasteiger partial charge on any atom is -0.348 e. The molecule has 1 heterocycles. The molecule has 0 bridgehead atoms. The summed E-state index contributed by atoms with van der Waals surface area (Å²) in [5.74, 6) is -1.41. The number of benzene rings is 1. The molecule has 3 rings (SSSR count). The van der Waals surface area contributed by atoms with Crippen LogP contribution in [0.5, 0.6) is 0 Å². The van der Waals surface area contributed by atoms with Crippen LogP contribution in [0, 0.1) is 5.82 Å². The Bertz CT molecular complexity index is 741. The molecule has 1 saturated carbocycles. The third-order valence-corrected chi connectivity index (χ3v) is 4.77. The number of amides is 2. The van der Waals surface area contributed by atoms with Crippen LogP contribution >= 0.6 is 11.3 Å². The third-order valence-electron chi connectivity index (χ3n) is 4.02. The van der Waals surface area contributed by atoms with Crippen LogP contribution in [-0.4, -0.2) is 22.8 Å². The summed E-state index contributed by atoms with van der Waals surface area (Å²) in [7, 11) is 0. The van der Waals surface area contributed by atoms with Gasteiger partial charge in [-0.05, 0) is 25.0 Å². The number of thiazole rings is 1. The molecule has 0 atom stereocenters. The van der Waals surface area contributed by atoms with Crippen LogP contribution in [0.1, 0.15) is 53.0 Å². The lowest BCUT2D eigenvalue weighted by Crippen LogP contribution is -2.36. The van der Waals surface area contributed by atoms with Crippen molar-refractivity contribution in [3.8, 4) is 0 Å². The lowest BCUT2D eigenvalue weighted by atomic mass is 9.95. The quantitative estimate of drug-likeness (QED) is 0.888. The number of carbonyl (C=O) groups excluding carboxylic acids is 2. The Hall–Kier alpha value is -2.28. The minimum absolute atomic E-state index is 0.0547. The number of carbonyl (C=O) groups is 2. The van der Waals surface area contributed by atoms with E-state index < -0.39 is 11.7 Å². The Morgan fingerprint density at radius 3 is 2.62 bits per heavy atom. The fourth-order valence-corrected chi connectivity index (χ4v) is 3.44. The average molecular weight is 347 g/mol. The summed E-state index contributed by atoms with van der Waals surface area (Å²) in [4.78, 5) is 28.4. The highest BCUT2D eigenvalue weighted by Crippen LogP contribution is 2.20. The van der Waals surface area contributed by atoms with Gasteiger partial charge in [0.1, 0.15) is 11.5 Å². The van der Waals surface area contributed by atoms with Crippen molar-refractivity contribution in [2.45, 2.75) is 38.1 Å². The molecule has 5 nitrogen and oxygen atoms in total. The van der Waals surface area contributed by atoms with Gasteiger partial charge in [0.25, 0.3) is 11.8 Å². The molecule has 0 spiro atoms. The molecule has 1 aliphatic carbocycles. The molecule has 1 aromatic carbocycles. The van der Waals surface area contributed by atoms with Gasteiger partial charge in [-0.3, -0.25) is 14.9 Å². The first-order valence-electron chi connectivity index (χ1n) is 7.96. The summed E-state index contributed by atoms with van der Waals surface area (Å²) >= 11 is 1.14. The van der Waals surface area contributed by atoms with Crippen molar-refractivity contribution in [3.63, 3.8) is 0 Å². The van der Waals surface area contributed by atoms with E-state index in [4.69, 9.17) is 0 Å². The zero-order chi connectivity index (χ0) is 16.9. The van der Waals surface area contributed by atoms with Crippen molar-refractivity contribution < 1.29 is 14.0 Å². The van der Waals surface area contributed by atoms with Gasteiger partial charge in [0.15, 0.2) is 5.13 Å². The first-order chi connectivity index (χ1) is 11.6. The molecule has 0 saturated heterocycles. The van der Waals surface area contributed by atoms with Crippen LogP contribution in [0.25, 0.3) is 0 Å². The summed E-state index contributed by atoms with van der Waals surface area (Å²) in [6.45, 7) is 0. The standard InChI is InChI=1S/C17H18FN3O2S/c18-13-9-5-4-8-12(13)15(22)21-17-20-14(10-24-17)16(23)19-11-6-2-1-3-7-11/h4-5,8-11H,1-3,6-7H2,(H,19,23)(H,20,21,22). The highest BCUT2D eigenvalue weighted by Gasteiger charge is 2.19. The van der Waals surface area contributed by atoms with E-state index in [1.165, 1.54) is 24.6 Å². The minimum atomic E-state index is -0.596. The Balaban J connectivity index is 1.61. The second-order valence-electron chi connectivity index (χ2n) is 5.78. The van der Waals surface area contributed by atoms with Gasteiger partial charge in [-0.2, -0.15) is 0 Å². The molecule has 1 aromatic heterocycles. The average Bonchev–Trinajstić information content (AvgIpc) is 3.05. The largest absolute Gasteiger partial charge is 0.348 e. The molecule has 2 amide bonds. The van der Waals surface area contributed by atoms with Crippen LogP contribution < -0.4 is 10.6 Å². The number of hydrogen-bond acceptors (Lipinski definition) is 4. The lowest BCUT2D eigenvalue weighted by molar-refractivity contribution is 0.0922. The number of rotatable bonds is 4. The van der Waals surface area contributed by atoms with Crippen molar-refractivity contribution in [2.24, 2.45) is 0 Å². The fraction of sp³-hybridized carbons (Fsp3) is 0.353. The monoisotopic (exact) mass is 347 g/mol. The van der Waals surface area contributed by atoms with E-state index in [9.17, 15) is 14.0 Å². The molecule has 1 aliphatic rings. The molecule has 1 fully saturated rings. The van der Waals surface area contributed by atoms with Crippen molar-refractivity contribution in [3.05, 3.63) is 46.7 Å². The van der Waals surface area contributed by atoms with E-state index in [0.29, 0.717) is 0 Å². The molecule has 126 valence electrons. The normalized spacial score (nSPS) is 15.0. The zero-order valence-electron chi connectivity index (χ0n) is 13.0. The van der Waals surface area contributed by atoms with E-state index in [-0.39, 0.29) is 28.3 Å². The van der Waals surface area contributed by atoms with Crippen molar-refractivity contribution >= 4 is 28.3 Å². The number of hydrogen-bond donors (Lipinski definition) is 2. The van der Waals surface area contributed by atoms with Crippen LogP contribution in [0.2, 0.25) is 0 Å². The van der Waals surface area contributed by atoms with Crippen LogP contribution in [0.3, 0.4) is 0 Å². The molecule has 0 radical (unpaired) electrons. The molecule has 24 heavy (non-hydrogen) atoms. The molecule has 0 unspecified atom stereocenters. The van der Waals surface area contributed by atoms with Crippen molar-refractivity contribution in [1.29, 1.82) is 0 Å². The summed E-state index contributed by atoms with van der Waals surface area (Å²) in [5, 5.41) is 7.37. The van der Waals surface area contributed by atoms with E-state index in [1.54, 1.807) is 11.4 Å². The smallest absolute Gasteiger partial charge is 0.271 e.